The number of ether oxygens (including phenoxy) is 2. The van der Waals surface area contributed by atoms with Crippen molar-refractivity contribution in [3.05, 3.63) is 95.1 Å². The van der Waals surface area contributed by atoms with E-state index in [9.17, 15) is 15.0 Å². The molecule has 4 unspecified atom stereocenters. The highest BCUT2D eigenvalue weighted by molar-refractivity contribution is 7.99. The number of carbonyl (C=O) groups excluding carboxylic acids is 1. The molecule has 0 saturated carbocycles. The Labute approximate surface area is 267 Å². The van der Waals surface area contributed by atoms with Gasteiger partial charge in [-0.3, -0.25) is 4.79 Å². The fourth-order valence-corrected chi connectivity index (χ4v) is 5.82. The molecule has 1 saturated heterocycles. The number of aromatic hydroxyl groups is 1. The Morgan fingerprint density at radius 1 is 0.977 bits per heavy atom. The van der Waals surface area contributed by atoms with E-state index >= 15 is 0 Å². The van der Waals surface area contributed by atoms with Gasteiger partial charge in [0.25, 0.3) is 9.70 Å². The van der Waals surface area contributed by atoms with Crippen molar-refractivity contribution in [2.45, 2.75) is 47.5 Å². The lowest BCUT2D eigenvalue weighted by Crippen LogP contribution is -2.38. The molecule has 4 atom stereocenters. The van der Waals surface area contributed by atoms with Crippen molar-refractivity contribution in [2.75, 3.05) is 5.75 Å². The predicted octanol–water partition coefficient (Wildman–Crippen LogP) is 5.43. The van der Waals surface area contributed by atoms with Crippen LogP contribution >= 0.6 is 46.6 Å². The maximum Gasteiger partial charge on any atom is 0.272 e. The molecule has 3 N–H and O–H groups in total. The number of alkyl halides is 3. The van der Waals surface area contributed by atoms with Crippen molar-refractivity contribution in [3.63, 3.8) is 0 Å². The Morgan fingerprint density at radius 3 is 2.28 bits per heavy atom. The number of thioether (sulfide) groups is 1. The van der Waals surface area contributed by atoms with Gasteiger partial charge >= 0.3 is 0 Å². The summed E-state index contributed by atoms with van der Waals surface area (Å²) in [6.45, 7) is 2.22. The van der Waals surface area contributed by atoms with E-state index < -0.39 is 16.0 Å². The normalized spacial score (nSPS) is 20.6. The van der Waals surface area contributed by atoms with E-state index in [4.69, 9.17) is 44.3 Å². The smallest absolute Gasteiger partial charge is 0.272 e. The van der Waals surface area contributed by atoms with Crippen LogP contribution in [0.2, 0.25) is 0 Å². The molecule has 1 aliphatic heterocycles. The zero-order valence-electron chi connectivity index (χ0n) is 22.8. The second-order valence-corrected chi connectivity index (χ2v) is 13.2. The summed E-state index contributed by atoms with van der Waals surface area (Å²) in [5.41, 5.74) is 4.10. The summed E-state index contributed by atoms with van der Waals surface area (Å²) < 4.78 is 12.6. The van der Waals surface area contributed by atoms with Crippen LogP contribution in [0, 0.1) is 5.92 Å². The molecule has 0 radical (unpaired) electrons. The number of carbonyl (C=O) groups is 1. The molecule has 1 amide bonds. The summed E-state index contributed by atoms with van der Waals surface area (Å²) in [5.74, 6) is -0.0640. The highest BCUT2D eigenvalue weighted by Gasteiger charge is 2.38. The molecule has 4 aromatic rings. The number of nitrogens with one attached hydrogen (secondary N) is 1. The van der Waals surface area contributed by atoms with Gasteiger partial charge in [-0.25, -0.2) is 0 Å². The van der Waals surface area contributed by atoms with E-state index in [2.05, 4.69) is 27.8 Å². The average molecular weight is 665 g/mol. The Kier molecular flexibility index (Phi) is 10.1. The number of aliphatic hydroxyl groups is 1. The highest BCUT2D eigenvalue weighted by Crippen LogP contribution is 2.43. The van der Waals surface area contributed by atoms with Gasteiger partial charge in [0.2, 0.25) is 5.16 Å². The van der Waals surface area contributed by atoms with E-state index in [0.29, 0.717) is 10.9 Å². The molecule has 1 aliphatic rings. The quantitative estimate of drug-likeness (QED) is 0.158. The van der Waals surface area contributed by atoms with Gasteiger partial charge in [-0.05, 0) is 51.4 Å². The number of benzene rings is 3. The second-order valence-electron chi connectivity index (χ2n) is 9.94. The zero-order valence-corrected chi connectivity index (χ0v) is 25.9. The first-order chi connectivity index (χ1) is 20.6. The molecule has 226 valence electrons. The van der Waals surface area contributed by atoms with Crippen LogP contribution in [0.3, 0.4) is 0 Å². The third-order valence-electron chi connectivity index (χ3n) is 7.00. The SMILES string of the molecule is CC1C(CSc2nnnn2-c2ccc(O)cc2)OC(c2ccc(CNC(=O)C(Cl)(Cl)Cl)cc2)OC1c1ccc(CO)cc1. The van der Waals surface area contributed by atoms with E-state index in [1.54, 1.807) is 28.9 Å². The largest absolute Gasteiger partial charge is 0.508 e. The standard InChI is InChI=1S/C29H28Cl3N5O5S/c1-17-24(16-43-28-34-35-36-37(28)22-10-12-23(39)13-11-22)41-26(42-25(17)20-6-4-19(15-38)5-7-20)21-8-2-18(3-9-21)14-33-27(40)29(30,31)32/h2-13,17,24-26,38-39H,14-16H2,1H3,(H,33,40). The molecule has 10 nitrogen and oxygen atoms in total. The minimum atomic E-state index is -2.04. The molecule has 0 bridgehead atoms. The molecule has 43 heavy (non-hydrogen) atoms. The highest BCUT2D eigenvalue weighted by atomic mass is 35.6. The Morgan fingerprint density at radius 2 is 1.63 bits per heavy atom. The summed E-state index contributed by atoms with van der Waals surface area (Å²) in [4.78, 5) is 11.9. The molecule has 0 aliphatic carbocycles. The molecule has 1 aromatic heterocycles. The van der Waals surface area contributed by atoms with Crippen molar-refractivity contribution in [2.24, 2.45) is 5.92 Å². The number of tetrazole rings is 1. The van der Waals surface area contributed by atoms with Crippen LogP contribution in [0.4, 0.5) is 0 Å². The van der Waals surface area contributed by atoms with Crippen molar-refractivity contribution >= 4 is 52.5 Å². The van der Waals surface area contributed by atoms with Crippen molar-refractivity contribution in [3.8, 4) is 11.4 Å². The summed E-state index contributed by atoms with van der Waals surface area (Å²) >= 11 is 18.4. The first-order valence-corrected chi connectivity index (χ1v) is 15.4. The van der Waals surface area contributed by atoms with Gasteiger partial charge in [-0.1, -0.05) is 102 Å². The first-order valence-electron chi connectivity index (χ1n) is 13.3. The number of nitrogens with zero attached hydrogens (tertiary/aromatic N) is 4. The lowest BCUT2D eigenvalue weighted by Gasteiger charge is -2.41. The lowest BCUT2D eigenvalue weighted by molar-refractivity contribution is -0.268. The zero-order chi connectivity index (χ0) is 30.6. The lowest BCUT2D eigenvalue weighted by atomic mass is 9.91. The van der Waals surface area contributed by atoms with E-state index in [1.807, 2.05) is 48.5 Å². The average Bonchev–Trinajstić information content (AvgIpc) is 3.48. The Balaban J connectivity index is 1.34. The molecule has 5 rings (SSSR count). The fraction of sp³-hybridized carbons (Fsp3) is 0.310. The van der Waals surface area contributed by atoms with E-state index in [1.165, 1.54) is 11.8 Å². The van der Waals surface area contributed by atoms with Crippen LogP contribution in [0.15, 0.2) is 78.0 Å². The maximum absolute atomic E-state index is 11.9. The van der Waals surface area contributed by atoms with Crippen molar-refractivity contribution < 1.29 is 24.5 Å². The Hall–Kier alpha value is -2.90. The summed E-state index contributed by atoms with van der Waals surface area (Å²) in [6, 6.07) is 21.7. The van der Waals surface area contributed by atoms with Crippen LogP contribution in [0.1, 0.15) is 41.6 Å². The number of aromatic nitrogens is 4. The van der Waals surface area contributed by atoms with Crippen molar-refractivity contribution in [1.29, 1.82) is 0 Å². The fourth-order valence-electron chi connectivity index (χ4n) is 4.57. The van der Waals surface area contributed by atoms with E-state index in [0.717, 1.165) is 27.9 Å². The maximum atomic E-state index is 11.9. The predicted molar refractivity (Wildman–Crippen MR) is 163 cm³/mol. The monoisotopic (exact) mass is 663 g/mol. The third kappa shape index (κ3) is 7.79. The van der Waals surface area contributed by atoms with Crippen LogP contribution in [-0.4, -0.2) is 52.0 Å². The van der Waals surface area contributed by atoms with Gasteiger partial charge in [0.1, 0.15) is 5.75 Å². The van der Waals surface area contributed by atoms with Gasteiger partial charge in [0.05, 0.1) is 24.5 Å². The molecule has 3 aromatic carbocycles. The number of hydrogen-bond donors (Lipinski definition) is 3. The molecular formula is C29H28Cl3N5O5S. The van der Waals surface area contributed by atoms with Gasteiger partial charge in [-0.2, -0.15) is 4.68 Å². The van der Waals surface area contributed by atoms with E-state index in [-0.39, 0.29) is 37.0 Å². The summed E-state index contributed by atoms with van der Waals surface area (Å²) in [6.07, 6.45) is -1.23. The Bertz CT molecular complexity index is 1520. The van der Waals surface area contributed by atoms with Crippen molar-refractivity contribution in [1.82, 2.24) is 25.5 Å². The number of phenols is 1. The number of hydrogen-bond acceptors (Lipinski definition) is 9. The topological polar surface area (TPSA) is 132 Å². The summed E-state index contributed by atoms with van der Waals surface area (Å²) in [5, 5.41) is 34.5. The van der Waals surface area contributed by atoms with Gasteiger partial charge in [0, 0.05) is 23.8 Å². The summed E-state index contributed by atoms with van der Waals surface area (Å²) in [7, 11) is 0. The number of rotatable bonds is 9. The first kappa shape index (κ1) is 31.5. The minimum Gasteiger partial charge on any atom is -0.508 e. The van der Waals surface area contributed by atoms with Crippen LogP contribution in [-0.2, 0) is 27.4 Å². The van der Waals surface area contributed by atoms with Crippen LogP contribution in [0.5, 0.6) is 5.75 Å². The molecule has 14 heteroatoms. The number of aliphatic hydroxyl groups excluding tert-OH is 1. The number of amides is 1. The van der Waals surface area contributed by atoms with Crippen LogP contribution in [0.25, 0.3) is 5.69 Å². The number of halogens is 3. The third-order valence-corrected chi connectivity index (χ3v) is 8.52. The number of phenolic OH excluding ortho intramolecular Hbond substituents is 1. The second kappa shape index (κ2) is 13.8. The van der Waals surface area contributed by atoms with Crippen LogP contribution < -0.4 is 5.32 Å². The molecular weight excluding hydrogens is 637 g/mol. The molecule has 2 heterocycles. The minimum absolute atomic E-state index is 0.0434. The van der Waals surface area contributed by atoms with Gasteiger partial charge < -0.3 is 25.0 Å². The van der Waals surface area contributed by atoms with Gasteiger partial charge in [0.15, 0.2) is 6.29 Å². The molecule has 1 fully saturated rings. The molecule has 0 spiro atoms. The van der Waals surface area contributed by atoms with Gasteiger partial charge in [-0.15, -0.1) is 5.10 Å².